The summed E-state index contributed by atoms with van der Waals surface area (Å²) in [6.07, 6.45) is 0. The van der Waals surface area contributed by atoms with E-state index >= 15 is 0 Å². The van der Waals surface area contributed by atoms with Gasteiger partial charge in [-0.3, -0.25) is 10.1 Å². The number of benzene rings is 2. The van der Waals surface area contributed by atoms with E-state index in [9.17, 15) is 22.9 Å². The topological polar surface area (TPSA) is 77.3 Å². The molecule has 0 radical (unpaired) electrons. The van der Waals surface area contributed by atoms with Gasteiger partial charge in [-0.2, -0.15) is 0 Å². The maximum absolute atomic E-state index is 13.2. The van der Waals surface area contributed by atoms with Crippen LogP contribution < -0.4 is 0 Å². The number of nitrogens with zero attached hydrogens (tertiary/aromatic N) is 1. The van der Waals surface area contributed by atoms with Gasteiger partial charge < -0.3 is 0 Å². The predicted molar refractivity (Wildman–Crippen MR) is 72.6 cm³/mol. The Morgan fingerprint density at radius 1 is 1.15 bits per heavy atom. The molecular weight excluding hydrogens is 353 g/mol. The zero-order valence-corrected chi connectivity index (χ0v) is 12.2. The lowest BCUT2D eigenvalue weighted by Crippen LogP contribution is -2.07. The molecule has 0 aliphatic heterocycles. The first kappa shape index (κ1) is 14.6. The Morgan fingerprint density at radius 2 is 1.80 bits per heavy atom. The maximum Gasteiger partial charge on any atom is 0.289 e. The Balaban J connectivity index is 2.76. The number of hydrogen-bond acceptors (Lipinski definition) is 4. The van der Waals surface area contributed by atoms with Crippen LogP contribution in [0.2, 0.25) is 0 Å². The molecule has 2 aromatic carbocycles. The van der Waals surface area contributed by atoms with Crippen LogP contribution in [-0.2, 0) is 9.84 Å². The minimum absolute atomic E-state index is 0.0518. The average molecular weight is 360 g/mol. The monoisotopic (exact) mass is 359 g/mol. The third-order valence-electron chi connectivity index (χ3n) is 2.52. The SMILES string of the molecule is O=[N+]([O-])c1cccc(Br)c1S(=O)(=O)c1cccc(F)c1. The first-order chi connectivity index (χ1) is 9.34. The van der Waals surface area contributed by atoms with E-state index < -0.39 is 31.2 Å². The Kier molecular flexibility index (Phi) is 3.87. The van der Waals surface area contributed by atoms with Gasteiger partial charge >= 0.3 is 0 Å². The van der Waals surface area contributed by atoms with Crippen LogP contribution in [0.5, 0.6) is 0 Å². The van der Waals surface area contributed by atoms with Crippen molar-refractivity contribution < 1.29 is 17.7 Å². The van der Waals surface area contributed by atoms with E-state index in [4.69, 9.17) is 0 Å². The number of nitro benzene ring substituents is 1. The molecule has 0 saturated heterocycles. The molecule has 0 aliphatic rings. The van der Waals surface area contributed by atoms with E-state index in [2.05, 4.69) is 15.9 Å². The minimum Gasteiger partial charge on any atom is -0.258 e. The number of nitro groups is 1. The quantitative estimate of drug-likeness (QED) is 0.621. The van der Waals surface area contributed by atoms with Crippen LogP contribution in [0.25, 0.3) is 0 Å². The Morgan fingerprint density at radius 3 is 2.40 bits per heavy atom. The van der Waals surface area contributed by atoms with Crippen molar-refractivity contribution in [1.82, 2.24) is 0 Å². The maximum atomic E-state index is 13.2. The smallest absolute Gasteiger partial charge is 0.258 e. The molecule has 0 fully saturated rings. The highest BCUT2D eigenvalue weighted by atomic mass is 79.9. The van der Waals surface area contributed by atoms with Gasteiger partial charge in [-0.25, -0.2) is 12.8 Å². The lowest BCUT2D eigenvalue weighted by atomic mass is 10.3. The molecule has 2 rings (SSSR count). The summed E-state index contributed by atoms with van der Waals surface area (Å²) >= 11 is 2.99. The van der Waals surface area contributed by atoms with E-state index in [-0.39, 0.29) is 9.37 Å². The van der Waals surface area contributed by atoms with E-state index in [1.165, 1.54) is 24.3 Å². The fourth-order valence-corrected chi connectivity index (χ4v) is 4.16. The highest BCUT2D eigenvalue weighted by Crippen LogP contribution is 2.35. The molecule has 2 aromatic rings. The van der Waals surface area contributed by atoms with Crippen LogP contribution in [0.1, 0.15) is 0 Å². The van der Waals surface area contributed by atoms with Gasteiger partial charge in [0.1, 0.15) is 5.82 Å². The molecule has 0 saturated carbocycles. The molecule has 8 heteroatoms. The minimum atomic E-state index is -4.20. The van der Waals surface area contributed by atoms with Crippen LogP contribution in [0.3, 0.4) is 0 Å². The van der Waals surface area contributed by atoms with Crippen LogP contribution in [0.15, 0.2) is 56.7 Å². The summed E-state index contributed by atoms with van der Waals surface area (Å²) < 4.78 is 38.1. The van der Waals surface area contributed by atoms with Crippen molar-refractivity contribution >= 4 is 31.5 Å². The van der Waals surface area contributed by atoms with Gasteiger partial charge in [-0.05, 0) is 40.2 Å². The summed E-state index contributed by atoms with van der Waals surface area (Å²) in [4.78, 5) is 9.34. The van der Waals surface area contributed by atoms with Crippen molar-refractivity contribution in [2.75, 3.05) is 0 Å². The third kappa shape index (κ3) is 2.56. The molecule has 0 bridgehead atoms. The van der Waals surface area contributed by atoms with Gasteiger partial charge in [-0.1, -0.05) is 12.1 Å². The predicted octanol–water partition coefficient (Wildman–Crippen LogP) is 3.33. The lowest BCUT2D eigenvalue weighted by Gasteiger charge is -2.07. The zero-order valence-electron chi connectivity index (χ0n) is 9.79. The summed E-state index contributed by atoms with van der Waals surface area (Å²) in [7, 11) is -4.20. The Hall–Kier alpha value is -1.80. The summed E-state index contributed by atoms with van der Waals surface area (Å²) in [5, 5.41) is 11.0. The van der Waals surface area contributed by atoms with Crippen molar-refractivity contribution in [2.24, 2.45) is 0 Å². The fraction of sp³-hybridized carbons (Fsp3) is 0. The number of rotatable bonds is 3. The summed E-state index contributed by atoms with van der Waals surface area (Å²) in [6, 6.07) is 8.13. The third-order valence-corrected chi connectivity index (χ3v) is 5.28. The first-order valence-corrected chi connectivity index (χ1v) is 7.55. The van der Waals surface area contributed by atoms with Gasteiger partial charge in [-0.15, -0.1) is 0 Å². The molecular formula is C12H7BrFNO4S. The standard InChI is InChI=1S/C12H7BrFNO4S/c13-10-5-2-6-11(15(16)17)12(10)20(18,19)9-4-1-3-8(14)7-9/h1-7H. The van der Waals surface area contributed by atoms with Gasteiger partial charge in [0.05, 0.1) is 9.82 Å². The molecule has 0 spiro atoms. The normalized spacial score (nSPS) is 11.3. The van der Waals surface area contributed by atoms with Gasteiger partial charge in [0.2, 0.25) is 9.84 Å². The van der Waals surface area contributed by atoms with Gasteiger partial charge in [0, 0.05) is 10.5 Å². The molecule has 20 heavy (non-hydrogen) atoms. The van der Waals surface area contributed by atoms with E-state index in [0.717, 1.165) is 18.2 Å². The highest BCUT2D eigenvalue weighted by Gasteiger charge is 2.30. The largest absolute Gasteiger partial charge is 0.289 e. The highest BCUT2D eigenvalue weighted by molar-refractivity contribution is 9.10. The summed E-state index contributed by atoms with van der Waals surface area (Å²) in [6.45, 7) is 0. The average Bonchev–Trinajstić information content (AvgIpc) is 2.38. The second-order valence-electron chi connectivity index (χ2n) is 3.81. The Bertz CT molecular complexity index is 792. The van der Waals surface area contributed by atoms with E-state index in [0.29, 0.717) is 0 Å². The van der Waals surface area contributed by atoms with Gasteiger partial charge in [0.25, 0.3) is 5.69 Å². The van der Waals surface area contributed by atoms with E-state index in [1.54, 1.807) is 0 Å². The lowest BCUT2D eigenvalue weighted by molar-refractivity contribution is -0.387. The molecule has 0 aromatic heterocycles. The zero-order chi connectivity index (χ0) is 14.9. The van der Waals surface area contributed by atoms with Crippen LogP contribution >= 0.6 is 15.9 Å². The number of sulfone groups is 1. The Labute approximate surface area is 122 Å². The summed E-state index contributed by atoms with van der Waals surface area (Å²) in [5.41, 5.74) is -0.566. The van der Waals surface area contributed by atoms with Gasteiger partial charge in [0.15, 0.2) is 4.90 Å². The van der Waals surface area contributed by atoms with Crippen molar-refractivity contribution in [2.45, 2.75) is 9.79 Å². The number of hydrogen-bond donors (Lipinski definition) is 0. The molecule has 104 valence electrons. The summed E-state index contributed by atoms with van der Waals surface area (Å²) in [5.74, 6) is -0.735. The van der Waals surface area contributed by atoms with Crippen LogP contribution in [-0.4, -0.2) is 13.3 Å². The van der Waals surface area contributed by atoms with Crippen molar-refractivity contribution in [1.29, 1.82) is 0 Å². The molecule has 0 heterocycles. The molecule has 5 nitrogen and oxygen atoms in total. The first-order valence-electron chi connectivity index (χ1n) is 5.27. The van der Waals surface area contributed by atoms with Crippen molar-refractivity contribution in [3.63, 3.8) is 0 Å². The number of halogens is 2. The molecule has 0 amide bonds. The fourth-order valence-electron chi connectivity index (χ4n) is 1.66. The van der Waals surface area contributed by atoms with E-state index in [1.807, 2.05) is 0 Å². The van der Waals surface area contributed by atoms with Crippen molar-refractivity contribution in [3.05, 3.63) is 62.9 Å². The van der Waals surface area contributed by atoms with Crippen LogP contribution in [0, 0.1) is 15.9 Å². The second-order valence-corrected chi connectivity index (χ2v) is 6.55. The molecule has 0 N–H and O–H groups in total. The second kappa shape index (κ2) is 5.29. The van der Waals surface area contributed by atoms with Crippen molar-refractivity contribution in [3.8, 4) is 0 Å². The molecule has 0 atom stereocenters. The molecule has 0 aliphatic carbocycles. The van der Waals surface area contributed by atoms with Crippen LogP contribution in [0.4, 0.5) is 10.1 Å². The molecule has 0 unspecified atom stereocenters.